The summed E-state index contributed by atoms with van der Waals surface area (Å²) < 4.78 is 1.71. The second kappa shape index (κ2) is 2.16. The highest BCUT2D eigenvalue weighted by Gasteiger charge is 1.99. The molecule has 2 heterocycles. The minimum atomic E-state index is 0.587. The molecule has 0 spiro atoms. The van der Waals surface area contributed by atoms with Gasteiger partial charge in [0, 0.05) is 12.4 Å². The summed E-state index contributed by atoms with van der Waals surface area (Å²) in [7, 11) is 0. The summed E-state index contributed by atoms with van der Waals surface area (Å²) in [6, 6.07) is 1.91. The zero-order chi connectivity index (χ0) is 7.68. The maximum absolute atomic E-state index is 5.55. The third kappa shape index (κ3) is 0.980. The van der Waals surface area contributed by atoms with Crippen LogP contribution in [-0.2, 0) is 0 Å². The fourth-order valence-corrected chi connectivity index (χ4v) is 0.957. The molecule has 0 radical (unpaired) electrons. The first-order chi connectivity index (χ1) is 5.36. The predicted molar refractivity (Wildman–Crippen MR) is 42.9 cm³/mol. The van der Waals surface area contributed by atoms with Crippen LogP contribution in [0, 0.1) is 0 Å². The van der Waals surface area contributed by atoms with Crippen LogP contribution < -0.4 is 11.1 Å². The molecule has 1 aromatic rings. The van der Waals surface area contributed by atoms with Crippen molar-refractivity contribution >= 4 is 12.3 Å². The largest absolute Gasteiger partial charge is 0.384 e. The molecule has 0 bridgehead atoms. The van der Waals surface area contributed by atoms with Gasteiger partial charge in [0.25, 0.3) is 0 Å². The average Bonchev–Trinajstić information content (AvgIpc) is 2.31. The molecule has 0 saturated carbocycles. The Hall–Kier alpha value is -1.71. The van der Waals surface area contributed by atoms with E-state index in [-0.39, 0.29) is 0 Å². The van der Waals surface area contributed by atoms with Crippen molar-refractivity contribution in [2.45, 2.75) is 0 Å². The molecule has 1 aliphatic heterocycles. The number of fused-ring (bicyclic) bond motifs is 1. The summed E-state index contributed by atoms with van der Waals surface area (Å²) in [5.41, 5.74) is 6.56. The van der Waals surface area contributed by atoms with Crippen molar-refractivity contribution in [3.8, 4) is 0 Å². The van der Waals surface area contributed by atoms with Gasteiger partial charge in [-0.2, -0.15) is 5.10 Å². The van der Waals surface area contributed by atoms with E-state index in [4.69, 9.17) is 5.73 Å². The van der Waals surface area contributed by atoms with Gasteiger partial charge in [0.15, 0.2) is 0 Å². The molecule has 1 aliphatic rings. The Bertz CT molecular complexity index is 321. The number of nitrogens with zero attached hydrogens (tertiary/aromatic N) is 2. The molecule has 1 aromatic heterocycles. The van der Waals surface area contributed by atoms with Crippen LogP contribution in [0.3, 0.4) is 0 Å². The SMILES string of the molecule is NC1=Cn2nccc2C=CN1. The highest BCUT2D eigenvalue weighted by atomic mass is 15.3. The molecule has 11 heavy (non-hydrogen) atoms. The molecular weight excluding hydrogens is 140 g/mol. The molecule has 0 saturated heterocycles. The van der Waals surface area contributed by atoms with E-state index in [1.54, 1.807) is 23.3 Å². The van der Waals surface area contributed by atoms with E-state index >= 15 is 0 Å². The lowest BCUT2D eigenvalue weighted by Gasteiger charge is -1.96. The van der Waals surface area contributed by atoms with Crippen LogP contribution in [0.4, 0.5) is 0 Å². The lowest BCUT2D eigenvalue weighted by Crippen LogP contribution is -2.13. The zero-order valence-electron chi connectivity index (χ0n) is 5.86. The molecule has 4 heteroatoms. The molecule has 2 rings (SSSR count). The van der Waals surface area contributed by atoms with E-state index in [1.165, 1.54) is 0 Å². The van der Waals surface area contributed by atoms with E-state index in [0.717, 1.165) is 5.69 Å². The number of hydrogen-bond donors (Lipinski definition) is 2. The van der Waals surface area contributed by atoms with Crippen molar-refractivity contribution in [3.05, 3.63) is 30.0 Å². The second-order valence-corrected chi connectivity index (χ2v) is 2.26. The van der Waals surface area contributed by atoms with Crippen LogP contribution in [0.15, 0.2) is 24.3 Å². The second-order valence-electron chi connectivity index (χ2n) is 2.26. The molecule has 56 valence electrons. The molecule has 0 unspecified atom stereocenters. The van der Waals surface area contributed by atoms with E-state index in [0.29, 0.717) is 5.82 Å². The summed E-state index contributed by atoms with van der Waals surface area (Å²) >= 11 is 0. The molecule has 0 aromatic carbocycles. The van der Waals surface area contributed by atoms with Crippen LogP contribution in [0.1, 0.15) is 5.69 Å². The lowest BCUT2D eigenvalue weighted by molar-refractivity contribution is 0.908. The summed E-state index contributed by atoms with van der Waals surface area (Å²) in [4.78, 5) is 0. The maximum atomic E-state index is 5.55. The van der Waals surface area contributed by atoms with Gasteiger partial charge in [0.1, 0.15) is 5.82 Å². The fourth-order valence-electron chi connectivity index (χ4n) is 0.957. The van der Waals surface area contributed by atoms with Crippen molar-refractivity contribution in [2.24, 2.45) is 5.73 Å². The quantitative estimate of drug-likeness (QED) is 0.551. The van der Waals surface area contributed by atoms with Gasteiger partial charge in [-0.25, -0.2) is 4.68 Å². The van der Waals surface area contributed by atoms with Gasteiger partial charge in [-0.1, -0.05) is 0 Å². The first-order valence-electron chi connectivity index (χ1n) is 3.30. The van der Waals surface area contributed by atoms with Crippen molar-refractivity contribution in [2.75, 3.05) is 0 Å². The molecule has 0 aliphatic carbocycles. The normalized spacial score (nSPS) is 14.7. The maximum Gasteiger partial charge on any atom is 0.119 e. The first-order valence-corrected chi connectivity index (χ1v) is 3.30. The van der Waals surface area contributed by atoms with Crippen molar-refractivity contribution in [3.63, 3.8) is 0 Å². The van der Waals surface area contributed by atoms with E-state index in [2.05, 4.69) is 10.4 Å². The van der Waals surface area contributed by atoms with Crippen LogP contribution in [0.2, 0.25) is 0 Å². The third-order valence-electron chi connectivity index (χ3n) is 1.47. The Morgan fingerprint density at radius 3 is 3.36 bits per heavy atom. The Morgan fingerprint density at radius 1 is 1.55 bits per heavy atom. The average molecular weight is 148 g/mol. The number of nitrogens with two attached hydrogens (primary N) is 1. The van der Waals surface area contributed by atoms with Gasteiger partial charge < -0.3 is 11.1 Å². The van der Waals surface area contributed by atoms with Crippen molar-refractivity contribution < 1.29 is 0 Å². The van der Waals surface area contributed by atoms with Crippen LogP contribution in [0.25, 0.3) is 12.3 Å². The Labute approximate surface area is 64.0 Å². The van der Waals surface area contributed by atoms with Gasteiger partial charge in [-0.3, -0.25) is 0 Å². The smallest absolute Gasteiger partial charge is 0.119 e. The van der Waals surface area contributed by atoms with Gasteiger partial charge in [-0.15, -0.1) is 0 Å². The van der Waals surface area contributed by atoms with Crippen LogP contribution in [-0.4, -0.2) is 9.78 Å². The summed E-state index contributed by atoms with van der Waals surface area (Å²) in [5, 5.41) is 6.91. The standard InChI is InChI=1S/C7H8N4/c8-7-5-11-6(1-3-9-7)2-4-10-11/h1-5,9H,8H2. The van der Waals surface area contributed by atoms with Crippen molar-refractivity contribution in [1.82, 2.24) is 15.1 Å². The summed E-state index contributed by atoms with van der Waals surface area (Å²) in [6.07, 6.45) is 7.15. The summed E-state index contributed by atoms with van der Waals surface area (Å²) in [6.45, 7) is 0. The van der Waals surface area contributed by atoms with E-state index < -0.39 is 0 Å². The Kier molecular flexibility index (Phi) is 1.18. The van der Waals surface area contributed by atoms with Gasteiger partial charge >= 0.3 is 0 Å². The van der Waals surface area contributed by atoms with Gasteiger partial charge in [0.2, 0.25) is 0 Å². The Balaban J connectivity index is 2.55. The minimum Gasteiger partial charge on any atom is -0.384 e. The predicted octanol–water partition coefficient (Wildman–Crippen LogP) is 0.172. The lowest BCUT2D eigenvalue weighted by atomic mass is 10.4. The Morgan fingerprint density at radius 2 is 2.45 bits per heavy atom. The highest BCUT2D eigenvalue weighted by Crippen LogP contribution is 2.04. The highest BCUT2D eigenvalue weighted by molar-refractivity contribution is 5.51. The molecule has 3 N–H and O–H groups in total. The zero-order valence-corrected chi connectivity index (χ0v) is 5.86. The van der Waals surface area contributed by atoms with Gasteiger partial charge in [-0.05, 0) is 12.1 Å². The molecule has 0 fully saturated rings. The van der Waals surface area contributed by atoms with E-state index in [9.17, 15) is 0 Å². The fraction of sp³-hybridized carbons (Fsp3) is 0. The molecule has 0 amide bonds. The van der Waals surface area contributed by atoms with Gasteiger partial charge in [0.05, 0.1) is 11.9 Å². The van der Waals surface area contributed by atoms with E-state index in [1.807, 2.05) is 12.1 Å². The topological polar surface area (TPSA) is 55.9 Å². The third-order valence-corrected chi connectivity index (χ3v) is 1.47. The van der Waals surface area contributed by atoms with Crippen molar-refractivity contribution in [1.29, 1.82) is 0 Å². The minimum absolute atomic E-state index is 0.587. The molecular formula is C7H8N4. The summed E-state index contributed by atoms with van der Waals surface area (Å²) in [5.74, 6) is 0.587. The van der Waals surface area contributed by atoms with Crippen LogP contribution in [0.5, 0.6) is 0 Å². The molecule has 4 nitrogen and oxygen atoms in total. The number of hydrogen-bond acceptors (Lipinski definition) is 3. The number of aromatic nitrogens is 2. The molecule has 0 atom stereocenters. The monoisotopic (exact) mass is 148 g/mol. The first kappa shape index (κ1) is 6.03. The number of rotatable bonds is 0. The van der Waals surface area contributed by atoms with Crippen LogP contribution >= 0.6 is 0 Å². The number of nitrogens with one attached hydrogen (secondary N) is 1.